The van der Waals surface area contributed by atoms with Gasteiger partial charge in [-0.15, -0.1) is 0 Å². The van der Waals surface area contributed by atoms with E-state index < -0.39 is 0 Å². The molecule has 1 aromatic carbocycles. The van der Waals surface area contributed by atoms with Gasteiger partial charge in [0.2, 0.25) is 0 Å². The van der Waals surface area contributed by atoms with Crippen LogP contribution in [0.25, 0.3) is 0 Å². The topological polar surface area (TPSA) is 67.6 Å². The van der Waals surface area contributed by atoms with Gasteiger partial charge >= 0.3 is 0 Å². The Bertz CT molecular complexity index is 732. The van der Waals surface area contributed by atoms with Crippen molar-refractivity contribution in [1.82, 2.24) is 15.4 Å². The number of halogens is 1. The van der Waals surface area contributed by atoms with Gasteiger partial charge in [-0.2, -0.15) is 0 Å². The highest BCUT2D eigenvalue weighted by atomic mass is 79.9. The van der Waals surface area contributed by atoms with E-state index in [1.165, 1.54) is 0 Å². The highest BCUT2D eigenvalue weighted by molar-refractivity contribution is 9.10. The molecule has 0 bridgehead atoms. The summed E-state index contributed by atoms with van der Waals surface area (Å²) in [6, 6.07) is 7.55. The minimum atomic E-state index is 0.0442. The third-order valence-electron chi connectivity index (χ3n) is 3.89. The van der Waals surface area contributed by atoms with Crippen LogP contribution in [0.3, 0.4) is 0 Å². The number of carbonyl (C=O) groups excluding carboxylic acids is 1. The average molecular weight is 394 g/mol. The van der Waals surface area contributed by atoms with Gasteiger partial charge in [-0.3, -0.25) is 4.79 Å². The molecule has 1 aromatic heterocycles. The average Bonchev–Trinajstić information content (AvgIpc) is 2.98. The van der Waals surface area contributed by atoms with Crippen molar-refractivity contribution < 1.29 is 14.1 Å². The van der Waals surface area contributed by atoms with E-state index in [0.717, 1.165) is 35.6 Å². The number of nitrogens with zero attached hydrogens (tertiary/aromatic N) is 2. The number of hydrogen-bond donors (Lipinski definition) is 1. The molecule has 128 valence electrons. The summed E-state index contributed by atoms with van der Waals surface area (Å²) < 4.78 is 11.5. The number of benzene rings is 1. The van der Waals surface area contributed by atoms with Crippen LogP contribution in [0.1, 0.15) is 28.7 Å². The Labute approximate surface area is 149 Å². The maximum atomic E-state index is 12.6. The van der Waals surface area contributed by atoms with E-state index in [9.17, 15) is 4.79 Å². The molecule has 6 nitrogen and oxygen atoms in total. The van der Waals surface area contributed by atoms with Gasteiger partial charge in [-0.1, -0.05) is 5.16 Å². The smallest absolute Gasteiger partial charge is 0.253 e. The van der Waals surface area contributed by atoms with Gasteiger partial charge in [0.25, 0.3) is 5.91 Å². The van der Waals surface area contributed by atoms with E-state index in [-0.39, 0.29) is 5.91 Å². The van der Waals surface area contributed by atoms with Gasteiger partial charge in [0.05, 0.1) is 4.47 Å². The highest BCUT2D eigenvalue weighted by Gasteiger charge is 2.22. The quantitative estimate of drug-likeness (QED) is 0.864. The Hall–Kier alpha value is -1.86. The Morgan fingerprint density at radius 3 is 3.00 bits per heavy atom. The number of amides is 1. The van der Waals surface area contributed by atoms with Crippen molar-refractivity contribution in [2.75, 3.05) is 19.6 Å². The number of rotatable bonds is 4. The second kappa shape index (κ2) is 7.36. The van der Waals surface area contributed by atoms with Crippen LogP contribution in [0.5, 0.6) is 5.75 Å². The Balaban J connectivity index is 1.66. The Morgan fingerprint density at radius 2 is 2.33 bits per heavy atom. The van der Waals surface area contributed by atoms with E-state index in [0.29, 0.717) is 24.0 Å². The maximum absolute atomic E-state index is 12.6. The van der Waals surface area contributed by atoms with Crippen LogP contribution in [0.2, 0.25) is 0 Å². The zero-order valence-corrected chi connectivity index (χ0v) is 15.3. The third kappa shape index (κ3) is 3.96. The van der Waals surface area contributed by atoms with Crippen LogP contribution in [0, 0.1) is 6.92 Å². The molecule has 0 aliphatic carbocycles. The largest absolute Gasteiger partial charge is 0.486 e. The number of aryl methyl sites for hydroxylation is 1. The molecule has 1 aliphatic heterocycles. The van der Waals surface area contributed by atoms with Gasteiger partial charge in [-0.05, 0) is 48.0 Å². The molecule has 1 aliphatic rings. The molecule has 0 unspecified atom stereocenters. The molecule has 1 atom stereocenters. The first-order chi connectivity index (χ1) is 11.5. The van der Waals surface area contributed by atoms with Crippen LogP contribution < -0.4 is 10.1 Å². The fourth-order valence-electron chi connectivity index (χ4n) is 2.69. The molecule has 7 heteroatoms. The first-order valence-electron chi connectivity index (χ1n) is 7.90. The molecule has 2 heterocycles. The standard InChI is InChI=1S/C17H20BrN3O3/c1-11-9-21(6-5-19-11)17(22)13-3-4-16(15(18)8-13)23-10-14-7-12(2)24-20-14/h3-4,7-8,11,19H,5-6,9-10H2,1-2H3/t11-/m1/s1. The SMILES string of the molecule is Cc1cc(COc2ccc(C(=O)N3CCN[C@H](C)C3)cc2Br)no1. The summed E-state index contributed by atoms with van der Waals surface area (Å²) in [6.07, 6.45) is 0. The Morgan fingerprint density at radius 1 is 1.50 bits per heavy atom. The van der Waals surface area contributed by atoms with Gasteiger partial charge in [0, 0.05) is 37.3 Å². The zero-order valence-electron chi connectivity index (χ0n) is 13.7. The number of ether oxygens (including phenoxy) is 1. The lowest BCUT2D eigenvalue weighted by atomic mass is 10.1. The number of nitrogens with one attached hydrogen (secondary N) is 1. The predicted octanol–water partition coefficient (Wildman–Crippen LogP) is 2.76. The number of piperazine rings is 1. The molecule has 1 fully saturated rings. The van der Waals surface area contributed by atoms with Gasteiger partial charge in [0.15, 0.2) is 0 Å². The van der Waals surface area contributed by atoms with Gasteiger partial charge in [-0.25, -0.2) is 0 Å². The summed E-state index contributed by atoms with van der Waals surface area (Å²) in [4.78, 5) is 14.5. The van der Waals surface area contributed by atoms with Crippen molar-refractivity contribution in [2.45, 2.75) is 26.5 Å². The molecule has 1 saturated heterocycles. The van der Waals surface area contributed by atoms with E-state index in [4.69, 9.17) is 9.26 Å². The maximum Gasteiger partial charge on any atom is 0.253 e. The number of carbonyl (C=O) groups is 1. The summed E-state index contributed by atoms with van der Waals surface area (Å²) in [6.45, 7) is 6.51. The van der Waals surface area contributed by atoms with E-state index >= 15 is 0 Å². The van der Waals surface area contributed by atoms with Crippen molar-refractivity contribution in [3.8, 4) is 5.75 Å². The van der Waals surface area contributed by atoms with Crippen LogP contribution >= 0.6 is 15.9 Å². The minimum Gasteiger partial charge on any atom is -0.486 e. The summed E-state index contributed by atoms with van der Waals surface area (Å²) in [5.41, 5.74) is 1.38. The first-order valence-corrected chi connectivity index (χ1v) is 8.69. The monoisotopic (exact) mass is 393 g/mol. The molecule has 2 aromatic rings. The number of aromatic nitrogens is 1. The summed E-state index contributed by atoms with van der Waals surface area (Å²) in [5, 5.41) is 7.23. The molecule has 0 radical (unpaired) electrons. The highest BCUT2D eigenvalue weighted by Crippen LogP contribution is 2.27. The molecular formula is C17H20BrN3O3. The summed E-state index contributed by atoms with van der Waals surface area (Å²) in [5.74, 6) is 1.46. The molecule has 1 N–H and O–H groups in total. The molecule has 0 saturated carbocycles. The summed E-state index contributed by atoms with van der Waals surface area (Å²) >= 11 is 3.48. The lowest BCUT2D eigenvalue weighted by Gasteiger charge is -2.32. The fourth-order valence-corrected chi connectivity index (χ4v) is 3.18. The van der Waals surface area contributed by atoms with E-state index in [2.05, 4.69) is 33.3 Å². The summed E-state index contributed by atoms with van der Waals surface area (Å²) in [7, 11) is 0. The molecule has 3 rings (SSSR count). The normalized spacial score (nSPS) is 17.8. The van der Waals surface area contributed by atoms with Crippen molar-refractivity contribution >= 4 is 21.8 Å². The van der Waals surface area contributed by atoms with Crippen LogP contribution in [0.15, 0.2) is 33.3 Å². The van der Waals surface area contributed by atoms with Crippen molar-refractivity contribution in [2.24, 2.45) is 0 Å². The van der Waals surface area contributed by atoms with Gasteiger partial charge in [0.1, 0.15) is 23.8 Å². The molecule has 0 spiro atoms. The fraction of sp³-hybridized carbons (Fsp3) is 0.412. The first kappa shape index (κ1) is 17.0. The van der Waals surface area contributed by atoms with E-state index in [1.54, 1.807) is 18.2 Å². The van der Waals surface area contributed by atoms with Crippen molar-refractivity contribution in [3.05, 3.63) is 45.8 Å². The number of hydrogen-bond acceptors (Lipinski definition) is 5. The second-order valence-corrected chi connectivity index (χ2v) is 6.82. The molecule has 24 heavy (non-hydrogen) atoms. The van der Waals surface area contributed by atoms with Crippen LogP contribution in [-0.4, -0.2) is 41.6 Å². The van der Waals surface area contributed by atoms with Gasteiger partial charge < -0.3 is 19.5 Å². The van der Waals surface area contributed by atoms with Crippen molar-refractivity contribution in [1.29, 1.82) is 0 Å². The van der Waals surface area contributed by atoms with E-state index in [1.807, 2.05) is 17.9 Å². The lowest BCUT2D eigenvalue weighted by Crippen LogP contribution is -2.51. The Kier molecular flexibility index (Phi) is 5.20. The van der Waals surface area contributed by atoms with Crippen LogP contribution in [-0.2, 0) is 6.61 Å². The minimum absolute atomic E-state index is 0.0442. The predicted molar refractivity (Wildman–Crippen MR) is 93.1 cm³/mol. The lowest BCUT2D eigenvalue weighted by molar-refractivity contribution is 0.0709. The molecule has 1 amide bonds. The van der Waals surface area contributed by atoms with Crippen LogP contribution in [0.4, 0.5) is 0 Å². The third-order valence-corrected chi connectivity index (χ3v) is 4.51. The second-order valence-electron chi connectivity index (χ2n) is 5.97. The molecular weight excluding hydrogens is 374 g/mol. The van der Waals surface area contributed by atoms with Crippen molar-refractivity contribution in [3.63, 3.8) is 0 Å². The zero-order chi connectivity index (χ0) is 17.1.